The summed E-state index contributed by atoms with van der Waals surface area (Å²) in [5.41, 5.74) is 1.13. The van der Waals surface area contributed by atoms with Crippen LogP contribution < -0.4 is 10.6 Å². The van der Waals surface area contributed by atoms with E-state index in [1.165, 1.54) is 12.3 Å². The molecule has 0 bridgehead atoms. The van der Waals surface area contributed by atoms with E-state index < -0.39 is 5.91 Å². The van der Waals surface area contributed by atoms with Gasteiger partial charge in [0, 0.05) is 21.8 Å². The third kappa shape index (κ3) is 4.70. The number of hydrogen-bond acceptors (Lipinski definition) is 3. The van der Waals surface area contributed by atoms with E-state index in [4.69, 9.17) is 4.42 Å². The van der Waals surface area contributed by atoms with E-state index in [-0.39, 0.29) is 11.6 Å². The lowest BCUT2D eigenvalue weighted by Gasteiger charge is -2.11. The average Bonchev–Trinajstić information content (AvgIpc) is 3.15. The predicted octanol–water partition coefficient (Wildman–Crippen LogP) is 4.45. The molecular formula is C20H15BrN2O3. The summed E-state index contributed by atoms with van der Waals surface area (Å²) in [6.07, 6.45) is 2.98. The van der Waals surface area contributed by atoms with Crippen LogP contribution in [0.25, 0.3) is 6.08 Å². The first kappa shape index (κ1) is 17.7. The molecule has 0 aliphatic heterocycles. The van der Waals surface area contributed by atoms with Gasteiger partial charge in [0.1, 0.15) is 11.5 Å². The number of furan rings is 1. The van der Waals surface area contributed by atoms with Crippen LogP contribution in [-0.4, -0.2) is 11.8 Å². The standard InChI is InChI=1S/C20H15BrN2O3/c21-15-8-4-9-16(12-15)22-20(25)18(13-17-10-5-11-26-17)23-19(24)14-6-2-1-3-7-14/h1-13H,(H,22,25)(H,23,24)/b18-13+. The summed E-state index contributed by atoms with van der Waals surface area (Å²) in [7, 11) is 0. The molecule has 0 spiro atoms. The van der Waals surface area contributed by atoms with E-state index in [1.807, 2.05) is 12.1 Å². The van der Waals surface area contributed by atoms with Crippen molar-refractivity contribution in [3.05, 3.63) is 94.5 Å². The molecule has 26 heavy (non-hydrogen) atoms. The Kier molecular flexibility index (Phi) is 5.66. The van der Waals surface area contributed by atoms with E-state index in [1.54, 1.807) is 54.6 Å². The summed E-state index contributed by atoms with van der Waals surface area (Å²) < 4.78 is 6.09. The van der Waals surface area contributed by atoms with Crippen LogP contribution in [0.2, 0.25) is 0 Å². The number of nitrogens with one attached hydrogen (secondary N) is 2. The second-order valence-electron chi connectivity index (χ2n) is 5.36. The maximum absolute atomic E-state index is 12.7. The zero-order chi connectivity index (χ0) is 18.4. The highest BCUT2D eigenvalue weighted by molar-refractivity contribution is 9.10. The number of hydrogen-bond donors (Lipinski definition) is 2. The Morgan fingerprint density at radius 2 is 1.77 bits per heavy atom. The Bertz CT molecular complexity index is 935. The zero-order valence-electron chi connectivity index (χ0n) is 13.6. The molecule has 0 atom stereocenters. The lowest BCUT2D eigenvalue weighted by molar-refractivity contribution is -0.113. The van der Waals surface area contributed by atoms with Crippen molar-refractivity contribution < 1.29 is 14.0 Å². The summed E-state index contributed by atoms with van der Waals surface area (Å²) in [5, 5.41) is 5.40. The number of carbonyl (C=O) groups excluding carboxylic acids is 2. The normalized spacial score (nSPS) is 11.0. The zero-order valence-corrected chi connectivity index (χ0v) is 15.2. The van der Waals surface area contributed by atoms with Gasteiger partial charge < -0.3 is 15.1 Å². The molecular weight excluding hydrogens is 396 g/mol. The molecule has 0 aliphatic carbocycles. The van der Waals surface area contributed by atoms with E-state index in [0.29, 0.717) is 17.0 Å². The molecule has 3 rings (SSSR count). The molecule has 6 heteroatoms. The van der Waals surface area contributed by atoms with Gasteiger partial charge in [-0.1, -0.05) is 40.2 Å². The molecule has 0 aliphatic rings. The van der Waals surface area contributed by atoms with Crippen LogP contribution in [0.1, 0.15) is 16.1 Å². The molecule has 2 N–H and O–H groups in total. The molecule has 5 nitrogen and oxygen atoms in total. The maximum Gasteiger partial charge on any atom is 0.272 e. The molecule has 1 aromatic heterocycles. The molecule has 2 amide bonds. The highest BCUT2D eigenvalue weighted by atomic mass is 79.9. The van der Waals surface area contributed by atoms with E-state index in [9.17, 15) is 9.59 Å². The van der Waals surface area contributed by atoms with Crippen molar-refractivity contribution in [1.29, 1.82) is 0 Å². The number of anilines is 1. The second-order valence-corrected chi connectivity index (χ2v) is 6.27. The fraction of sp³-hybridized carbons (Fsp3) is 0. The van der Waals surface area contributed by atoms with Crippen molar-refractivity contribution in [3.63, 3.8) is 0 Å². The minimum absolute atomic E-state index is 0.0776. The fourth-order valence-electron chi connectivity index (χ4n) is 2.22. The van der Waals surface area contributed by atoms with Crippen LogP contribution in [-0.2, 0) is 4.79 Å². The van der Waals surface area contributed by atoms with Crippen LogP contribution in [0.4, 0.5) is 5.69 Å². The van der Waals surface area contributed by atoms with Crippen molar-refractivity contribution >= 4 is 39.5 Å². The summed E-state index contributed by atoms with van der Waals surface area (Å²) in [5.74, 6) is -0.380. The van der Waals surface area contributed by atoms with Gasteiger partial charge in [0.25, 0.3) is 11.8 Å². The van der Waals surface area contributed by atoms with Gasteiger partial charge in [-0.3, -0.25) is 9.59 Å². The number of rotatable bonds is 5. The van der Waals surface area contributed by atoms with Crippen LogP contribution in [0, 0.1) is 0 Å². The Labute approximate surface area is 158 Å². The van der Waals surface area contributed by atoms with Crippen LogP contribution in [0.5, 0.6) is 0 Å². The third-order valence-corrected chi connectivity index (χ3v) is 3.93. The van der Waals surface area contributed by atoms with Crippen molar-refractivity contribution in [1.82, 2.24) is 5.32 Å². The number of halogens is 1. The first-order chi connectivity index (χ1) is 12.6. The molecule has 130 valence electrons. The Balaban J connectivity index is 1.83. The minimum atomic E-state index is -0.455. The van der Waals surface area contributed by atoms with E-state index in [0.717, 1.165) is 4.47 Å². The van der Waals surface area contributed by atoms with Crippen molar-refractivity contribution in [2.75, 3.05) is 5.32 Å². The molecule has 0 saturated heterocycles. The Morgan fingerprint density at radius 3 is 2.46 bits per heavy atom. The molecule has 3 aromatic rings. The molecule has 1 heterocycles. The van der Waals surface area contributed by atoms with Crippen LogP contribution in [0.15, 0.2) is 87.6 Å². The minimum Gasteiger partial charge on any atom is -0.465 e. The van der Waals surface area contributed by atoms with Crippen LogP contribution in [0.3, 0.4) is 0 Å². The van der Waals surface area contributed by atoms with Crippen molar-refractivity contribution in [2.24, 2.45) is 0 Å². The van der Waals surface area contributed by atoms with Gasteiger partial charge in [-0.25, -0.2) is 0 Å². The van der Waals surface area contributed by atoms with Gasteiger partial charge in [-0.15, -0.1) is 0 Å². The summed E-state index contributed by atoms with van der Waals surface area (Å²) in [6, 6.07) is 19.3. The summed E-state index contributed by atoms with van der Waals surface area (Å²) >= 11 is 3.36. The average molecular weight is 411 g/mol. The van der Waals surface area contributed by atoms with Crippen molar-refractivity contribution in [3.8, 4) is 0 Å². The summed E-state index contributed by atoms with van der Waals surface area (Å²) in [6.45, 7) is 0. The van der Waals surface area contributed by atoms with Gasteiger partial charge in [0.2, 0.25) is 0 Å². The second kappa shape index (κ2) is 8.31. The molecule has 0 unspecified atom stereocenters. The molecule has 0 fully saturated rings. The highest BCUT2D eigenvalue weighted by Crippen LogP contribution is 2.17. The summed E-state index contributed by atoms with van der Waals surface area (Å²) in [4.78, 5) is 25.1. The maximum atomic E-state index is 12.7. The molecule has 0 saturated carbocycles. The quantitative estimate of drug-likeness (QED) is 0.610. The van der Waals surface area contributed by atoms with Gasteiger partial charge in [0.05, 0.1) is 6.26 Å². The van der Waals surface area contributed by atoms with Gasteiger partial charge >= 0.3 is 0 Å². The van der Waals surface area contributed by atoms with Gasteiger partial charge in [-0.05, 0) is 42.5 Å². The lowest BCUT2D eigenvalue weighted by Crippen LogP contribution is -2.30. The molecule has 2 aromatic carbocycles. The van der Waals surface area contributed by atoms with E-state index >= 15 is 0 Å². The first-order valence-corrected chi connectivity index (χ1v) is 8.59. The van der Waals surface area contributed by atoms with Crippen molar-refractivity contribution in [2.45, 2.75) is 0 Å². The predicted molar refractivity (Wildman–Crippen MR) is 103 cm³/mol. The molecule has 0 radical (unpaired) electrons. The number of amides is 2. The topological polar surface area (TPSA) is 71.3 Å². The van der Waals surface area contributed by atoms with Gasteiger partial charge in [0.15, 0.2) is 0 Å². The number of carbonyl (C=O) groups is 2. The Hall–Kier alpha value is -3.12. The highest BCUT2D eigenvalue weighted by Gasteiger charge is 2.15. The monoisotopic (exact) mass is 410 g/mol. The van der Waals surface area contributed by atoms with Crippen LogP contribution >= 0.6 is 15.9 Å². The largest absolute Gasteiger partial charge is 0.465 e. The SMILES string of the molecule is O=C(Nc1cccc(Br)c1)/C(=C\c1ccco1)NC(=O)c1ccccc1. The van der Waals surface area contributed by atoms with Gasteiger partial charge in [-0.2, -0.15) is 0 Å². The third-order valence-electron chi connectivity index (χ3n) is 3.44. The Morgan fingerprint density at radius 1 is 0.962 bits per heavy atom. The van der Waals surface area contributed by atoms with E-state index in [2.05, 4.69) is 26.6 Å². The smallest absolute Gasteiger partial charge is 0.272 e. The fourth-order valence-corrected chi connectivity index (χ4v) is 2.62. The lowest BCUT2D eigenvalue weighted by atomic mass is 10.2. The number of benzene rings is 2. The first-order valence-electron chi connectivity index (χ1n) is 7.80.